The molecule has 0 bridgehead atoms. The van der Waals surface area contributed by atoms with Crippen molar-refractivity contribution in [3.8, 4) is 11.3 Å². The van der Waals surface area contributed by atoms with Crippen LogP contribution in [0.15, 0.2) is 30.6 Å². The fraction of sp³-hybridized carbons (Fsp3) is 0.222. The first kappa shape index (κ1) is 23.2. The second kappa shape index (κ2) is 8.57. The number of nitrogens with zero attached hydrogens (tertiary/aromatic N) is 4. The number of carboxylic acid groups (broad SMARTS) is 1. The fourth-order valence-electron chi connectivity index (χ4n) is 2.88. The molecule has 8 nitrogen and oxygen atoms in total. The molecule has 0 aliphatic carbocycles. The van der Waals surface area contributed by atoms with Crippen molar-refractivity contribution in [2.24, 2.45) is 7.05 Å². The van der Waals surface area contributed by atoms with Crippen LogP contribution in [0.1, 0.15) is 26.7 Å². The Balaban J connectivity index is 1.93. The van der Waals surface area contributed by atoms with Crippen LogP contribution in [0.3, 0.4) is 0 Å². The number of aromatic nitrogens is 4. The van der Waals surface area contributed by atoms with Crippen molar-refractivity contribution in [1.29, 1.82) is 0 Å². The van der Waals surface area contributed by atoms with E-state index in [9.17, 15) is 31.5 Å². The van der Waals surface area contributed by atoms with Gasteiger partial charge in [0.2, 0.25) is 0 Å². The van der Waals surface area contributed by atoms with Gasteiger partial charge in [-0.3, -0.25) is 9.48 Å². The van der Waals surface area contributed by atoms with E-state index in [1.54, 1.807) is 0 Å². The minimum absolute atomic E-state index is 0.121. The highest BCUT2D eigenvalue weighted by Crippen LogP contribution is 2.36. The van der Waals surface area contributed by atoms with Crippen molar-refractivity contribution < 1.29 is 36.6 Å². The normalized spacial score (nSPS) is 11.8. The lowest BCUT2D eigenvalue weighted by Crippen LogP contribution is -2.17. The Morgan fingerprint density at radius 3 is 2.53 bits per heavy atom. The third kappa shape index (κ3) is 4.72. The molecular formula is C18H13ClF5N5O3. The number of imidazole rings is 1. The highest BCUT2D eigenvalue weighted by Gasteiger charge is 2.38. The standard InChI is InChI=1S/C18H13ClF5N5O3/c1-28-12(10-6-29(7-13(20)21)27-14(10)18(22,23)24)5-25-15(28)16(30)26-8-2-3-9(17(31)32)11(19)4-8/h2-6,13H,7H2,1H3,(H,26,30)(H,31,32). The van der Waals surface area contributed by atoms with Crippen LogP contribution in [-0.2, 0) is 19.8 Å². The molecule has 0 fully saturated rings. The SMILES string of the molecule is Cn1c(-c2cn(CC(F)F)nc2C(F)(F)F)cnc1C(=O)Nc1ccc(C(=O)O)c(Cl)c1. The molecule has 2 heterocycles. The van der Waals surface area contributed by atoms with Crippen LogP contribution in [0.2, 0.25) is 5.02 Å². The molecule has 3 aromatic rings. The lowest BCUT2D eigenvalue weighted by Gasteiger charge is -2.09. The number of amides is 1. The van der Waals surface area contributed by atoms with Crippen LogP contribution in [0.25, 0.3) is 11.3 Å². The average Bonchev–Trinajstić information content (AvgIpc) is 3.24. The van der Waals surface area contributed by atoms with E-state index in [1.807, 2.05) is 0 Å². The number of carbonyl (C=O) groups excluding carboxylic acids is 1. The molecule has 0 unspecified atom stereocenters. The Kier molecular flexibility index (Phi) is 6.21. The lowest BCUT2D eigenvalue weighted by atomic mass is 10.2. The number of carbonyl (C=O) groups is 2. The van der Waals surface area contributed by atoms with Crippen LogP contribution in [0.5, 0.6) is 0 Å². The first-order chi connectivity index (χ1) is 14.9. The summed E-state index contributed by atoms with van der Waals surface area (Å²) in [4.78, 5) is 27.4. The van der Waals surface area contributed by atoms with Gasteiger partial charge in [0.25, 0.3) is 12.3 Å². The van der Waals surface area contributed by atoms with Gasteiger partial charge in [0.05, 0.1) is 28.0 Å². The maximum Gasteiger partial charge on any atom is 0.435 e. The minimum atomic E-state index is -4.93. The van der Waals surface area contributed by atoms with Crippen LogP contribution >= 0.6 is 11.6 Å². The Bertz CT molecular complexity index is 1190. The molecule has 170 valence electrons. The fourth-order valence-corrected chi connectivity index (χ4v) is 3.14. The van der Waals surface area contributed by atoms with Gasteiger partial charge in [0.1, 0.15) is 6.54 Å². The van der Waals surface area contributed by atoms with Gasteiger partial charge in [0.15, 0.2) is 11.5 Å². The van der Waals surface area contributed by atoms with E-state index >= 15 is 0 Å². The van der Waals surface area contributed by atoms with Gasteiger partial charge in [0, 0.05) is 18.9 Å². The first-order valence-electron chi connectivity index (χ1n) is 8.67. The molecule has 3 rings (SSSR count). The highest BCUT2D eigenvalue weighted by molar-refractivity contribution is 6.33. The van der Waals surface area contributed by atoms with Crippen LogP contribution in [0.4, 0.5) is 27.6 Å². The zero-order chi connectivity index (χ0) is 23.8. The van der Waals surface area contributed by atoms with E-state index in [0.29, 0.717) is 4.68 Å². The second-order valence-electron chi connectivity index (χ2n) is 6.48. The minimum Gasteiger partial charge on any atom is -0.478 e. The largest absolute Gasteiger partial charge is 0.478 e. The predicted octanol–water partition coefficient (Wildman–Crippen LogP) is 4.17. The van der Waals surface area contributed by atoms with Crippen LogP contribution in [-0.4, -0.2) is 42.7 Å². The highest BCUT2D eigenvalue weighted by atomic mass is 35.5. The van der Waals surface area contributed by atoms with Gasteiger partial charge < -0.3 is 15.0 Å². The van der Waals surface area contributed by atoms with Gasteiger partial charge in [-0.15, -0.1) is 0 Å². The number of anilines is 1. The molecule has 2 aromatic heterocycles. The monoisotopic (exact) mass is 477 g/mol. The maximum atomic E-state index is 13.4. The summed E-state index contributed by atoms with van der Waals surface area (Å²) < 4.78 is 66.8. The first-order valence-corrected chi connectivity index (χ1v) is 9.05. The molecular weight excluding hydrogens is 465 g/mol. The Morgan fingerprint density at radius 1 is 1.28 bits per heavy atom. The number of hydrogen-bond donors (Lipinski definition) is 2. The smallest absolute Gasteiger partial charge is 0.435 e. The third-order valence-corrected chi connectivity index (χ3v) is 4.59. The van der Waals surface area contributed by atoms with Crippen molar-refractivity contribution >= 4 is 29.2 Å². The van der Waals surface area contributed by atoms with Gasteiger partial charge >= 0.3 is 12.1 Å². The summed E-state index contributed by atoms with van der Waals surface area (Å²) >= 11 is 5.85. The Morgan fingerprint density at radius 2 is 1.97 bits per heavy atom. The third-order valence-electron chi connectivity index (χ3n) is 4.28. The van der Waals surface area contributed by atoms with Crippen molar-refractivity contribution in [2.75, 3.05) is 5.32 Å². The topological polar surface area (TPSA) is 102 Å². The summed E-state index contributed by atoms with van der Waals surface area (Å²) in [5, 5.41) is 14.4. The molecule has 32 heavy (non-hydrogen) atoms. The molecule has 0 aliphatic heterocycles. The summed E-state index contributed by atoms with van der Waals surface area (Å²) in [5.41, 5.74) is -2.17. The number of aromatic carboxylic acids is 1. The zero-order valence-corrected chi connectivity index (χ0v) is 16.7. The molecule has 0 radical (unpaired) electrons. The Labute approximate surface area is 181 Å². The quantitative estimate of drug-likeness (QED) is 0.519. The summed E-state index contributed by atoms with van der Waals surface area (Å²) in [6.07, 6.45) is -6.07. The van der Waals surface area contributed by atoms with Gasteiger partial charge in [-0.1, -0.05) is 11.6 Å². The van der Waals surface area contributed by atoms with Crippen molar-refractivity contribution in [3.63, 3.8) is 0 Å². The Hall–Kier alpha value is -3.48. The summed E-state index contributed by atoms with van der Waals surface area (Å²) in [6, 6.07) is 3.62. The summed E-state index contributed by atoms with van der Waals surface area (Å²) in [5.74, 6) is -2.39. The summed E-state index contributed by atoms with van der Waals surface area (Å²) in [7, 11) is 1.27. The summed E-state index contributed by atoms with van der Waals surface area (Å²) in [6.45, 7) is -1.04. The van der Waals surface area contributed by atoms with E-state index in [-0.39, 0.29) is 27.8 Å². The van der Waals surface area contributed by atoms with Gasteiger partial charge in [-0.25, -0.2) is 18.6 Å². The van der Waals surface area contributed by atoms with E-state index in [2.05, 4.69) is 15.4 Å². The molecule has 1 amide bonds. The number of nitrogens with one attached hydrogen (secondary N) is 1. The maximum absolute atomic E-state index is 13.4. The molecule has 0 saturated heterocycles. The molecule has 0 saturated carbocycles. The molecule has 0 spiro atoms. The van der Waals surface area contributed by atoms with E-state index in [0.717, 1.165) is 23.0 Å². The molecule has 0 atom stereocenters. The van der Waals surface area contributed by atoms with Gasteiger partial charge in [-0.2, -0.15) is 18.3 Å². The van der Waals surface area contributed by atoms with E-state index in [1.165, 1.54) is 19.2 Å². The molecule has 0 aliphatic rings. The molecule has 1 aromatic carbocycles. The number of benzene rings is 1. The van der Waals surface area contributed by atoms with Gasteiger partial charge in [-0.05, 0) is 18.2 Å². The predicted molar refractivity (Wildman–Crippen MR) is 102 cm³/mol. The average molecular weight is 478 g/mol. The van der Waals surface area contributed by atoms with Crippen LogP contribution in [0, 0.1) is 0 Å². The number of hydrogen-bond acceptors (Lipinski definition) is 4. The van der Waals surface area contributed by atoms with E-state index in [4.69, 9.17) is 16.7 Å². The number of rotatable bonds is 6. The number of carboxylic acids is 1. The van der Waals surface area contributed by atoms with Crippen molar-refractivity contribution in [3.05, 3.63) is 52.7 Å². The number of halogens is 6. The molecule has 2 N–H and O–H groups in total. The van der Waals surface area contributed by atoms with E-state index < -0.39 is 42.3 Å². The number of alkyl halides is 5. The lowest BCUT2D eigenvalue weighted by molar-refractivity contribution is -0.141. The van der Waals surface area contributed by atoms with Crippen molar-refractivity contribution in [1.82, 2.24) is 19.3 Å². The zero-order valence-electron chi connectivity index (χ0n) is 16.0. The van der Waals surface area contributed by atoms with Crippen molar-refractivity contribution in [2.45, 2.75) is 19.1 Å². The van der Waals surface area contributed by atoms with Crippen LogP contribution < -0.4 is 5.32 Å². The second-order valence-corrected chi connectivity index (χ2v) is 6.89. The molecule has 14 heteroatoms.